The number of benzene rings is 1. The summed E-state index contributed by atoms with van der Waals surface area (Å²) in [4.78, 5) is 15.4. The quantitative estimate of drug-likeness (QED) is 0.771. The zero-order valence-electron chi connectivity index (χ0n) is 17.2. The first-order valence-corrected chi connectivity index (χ1v) is 11.5. The molecule has 1 saturated heterocycles. The SMILES string of the molecule is Cc1cc(C)c(S(=O)(=O)N2CCC(C(=O)N(C(C)C)C3CC3)CC2)c(C)c1. The summed E-state index contributed by atoms with van der Waals surface area (Å²) in [5.41, 5.74) is 2.66. The van der Waals surface area contributed by atoms with E-state index in [1.165, 1.54) is 0 Å². The van der Waals surface area contributed by atoms with Crippen molar-refractivity contribution in [1.29, 1.82) is 0 Å². The molecule has 0 atom stereocenters. The van der Waals surface area contributed by atoms with Gasteiger partial charge in [-0.2, -0.15) is 4.31 Å². The fraction of sp³-hybridized carbons (Fsp3) is 0.667. The molecule has 1 aliphatic heterocycles. The van der Waals surface area contributed by atoms with Crippen LogP contribution in [0.25, 0.3) is 0 Å². The first-order valence-electron chi connectivity index (χ1n) is 10.0. The summed E-state index contributed by atoms with van der Waals surface area (Å²) in [6.45, 7) is 10.7. The Morgan fingerprint density at radius 1 is 1.04 bits per heavy atom. The third-order valence-corrected chi connectivity index (χ3v) is 7.96. The number of piperidine rings is 1. The van der Waals surface area contributed by atoms with Crippen LogP contribution in [0.2, 0.25) is 0 Å². The number of hydrogen-bond acceptors (Lipinski definition) is 3. The van der Waals surface area contributed by atoms with Crippen molar-refractivity contribution < 1.29 is 13.2 Å². The molecule has 1 saturated carbocycles. The van der Waals surface area contributed by atoms with Gasteiger partial charge in [0.2, 0.25) is 15.9 Å². The zero-order valence-corrected chi connectivity index (χ0v) is 18.0. The minimum atomic E-state index is -3.52. The molecular weight excluding hydrogens is 360 g/mol. The van der Waals surface area contributed by atoms with Gasteiger partial charge in [-0.25, -0.2) is 8.42 Å². The van der Waals surface area contributed by atoms with Crippen molar-refractivity contribution in [1.82, 2.24) is 9.21 Å². The van der Waals surface area contributed by atoms with Crippen LogP contribution in [-0.2, 0) is 14.8 Å². The molecule has 3 rings (SSSR count). The van der Waals surface area contributed by atoms with Crippen molar-refractivity contribution in [2.75, 3.05) is 13.1 Å². The van der Waals surface area contributed by atoms with Gasteiger partial charge in [-0.05, 0) is 71.4 Å². The third kappa shape index (κ3) is 4.06. The van der Waals surface area contributed by atoms with Crippen LogP contribution >= 0.6 is 0 Å². The number of aryl methyl sites for hydroxylation is 3. The second kappa shape index (κ2) is 7.55. The van der Waals surface area contributed by atoms with Gasteiger partial charge in [0, 0.05) is 31.1 Å². The molecule has 0 radical (unpaired) electrons. The van der Waals surface area contributed by atoms with Gasteiger partial charge in [0.1, 0.15) is 0 Å². The van der Waals surface area contributed by atoms with Gasteiger partial charge in [-0.3, -0.25) is 4.79 Å². The van der Waals surface area contributed by atoms with Crippen LogP contribution in [0.15, 0.2) is 17.0 Å². The van der Waals surface area contributed by atoms with E-state index in [4.69, 9.17) is 0 Å². The summed E-state index contributed by atoms with van der Waals surface area (Å²) in [5, 5.41) is 0. The first kappa shape index (κ1) is 20.3. The minimum absolute atomic E-state index is 0.0559. The molecule has 1 aliphatic carbocycles. The molecule has 0 aromatic heterocycles. The third-order valence-electron chi connectivity index (χ3n) is 5.76. The molecule has 6 heteroatoms. The highest BCUT2D eigenvalue weighted by molar-refractivity contribution is 7.89. The van der Waals surface area contributed by atoms with Crippen LogP contribution in [0, 0.1) is 26.7 Å². The molecule has 1 aromatic carbocycles. The normalized spacial score (nSPS) is 19.5. The summed E-state index contributed by atoms with van der Waals surface area (Å²) in [7, 11) is -3.52. The van der Waals surface area contributed by atoms with Crippen LogP contribution in [-0.4, -0.2) is 48.7 Å². The Morgan fingerprint density at radius 3 is 2.00 bits per heavy atom. The molecular formula is C21H32N2O3S. The number of nitrogens with zero attached hydrogens (tertiary/aromatic N) is 2. The van der Waals surface area contributed by atoms with E-state index in [9.17, 15) is 13.2 Å². The average Bonchev–Trinajstić information content (AvgIpc) is 3.38. The molecule has 1 aromatic rings. The Labute approximate surface area is 163 Å². The van der Waals surface area contributed by atoms with Crippen LogP contribution in [0.5, 0.6) is 0 Å². The zero-order chi connectivity index (χ0) is 19.9. The van der Waals surface area contributed by atoms with Crippen molar-refractivity contribution in [3.05, 3.63) is 28.8 Å². The largest absolute Gasteiger partial charge is 0.337 e. The van der Waals surface area contributed by atoms with Gasteiger partial charge in [0.25, 0.3) is 0 Å². The van der Waals surface area contributed by atoms with Gasteiger partial charge in [-0.1, -0.05) is 17.7 Å². The number of carbonyl (C=O) groups excluding carboxylic acids is 1. The second-order valence-corrected chi connectivity index (χ2v) is 10.4. The molecule has 0 N–H and O–H groups in total. The summed E-state index contributed by atoms with van der Waals surface area (Å²) in [6.07, 6.45) is 3.42. The number of carbonyl (C=O) groups is 1. The lowest BCUT2D eigenvalue weighted by Crippen LogP contribution is -2.47. The predicted octanol–water partition coefficient (Wildman–Crippen LogP) is 3.41. The van der Waals surface area contributed by atoms with Gasteiger partial charge >= 0.3 is 0 Å². The summed E-state index contributed by atoms with van der Waals surface area (Å²) < 4.78 is 28.0. The van der Waals surface area contributed by atoms with Crippen LogP contribution < -0.4 is 0 Å². The Kier molecular flexibility index (Phi) is 5.69. The standard InChI is InChI=1S/C21H32N2O3S/c1-14(2)23(19-6-7-19)21(24)18-8-10-22(11-9-18)27(25,26)20-16(4)12-15(3)13-17(20)5/h12-14,18-19H,6-11H2,1-5H3. The molecule has 1 heterocycles. The van der Waals surface area contributed by atoms with Gasteiger partial charge in [0.15, 0.2) is 0 Å². The molecule has 2 aliphatic rings. The van der Waals surface area contributed by atoms with Crippen LogP contribution in [0.1, 0.15) is 56.2 Å². The number of amides is 1. The number of sulfonamides is 1. The molecule has 0 bridgehead atoms. The van der Waals surface area contributed by atoms with E-state index in [-0.39, 0.29) is 17.9 Å². The molecule has 5 nitrogen and oxygen atoms in total. The molecule has 0 spiro atoms. The van der Waals surface area contributed by atoms with Crippen molar-refractivity contribution >= 4 is 15.9 Å². The molecule has 150 valence electrons. The van der Waals surface area contributed by atoms with E-state index in [0.717, 1.165) is 29.5 Å². The lowest BCUT2D eigenvalue weighted by molar-refractivity contribution is -0.139. The molecule has 2 fully saturated rings. The Hall–Kier alpha value is -1.40. The van der Waals surface area contributed by atoms with Gasteiger partial charge in [0.05, 0.1) is 4.90 Å². The van der Waals surface area contributed by atoms with Crippen molar-refractivity contribution in [2.45, 2.75) is 77.3 Å². The first-order chi connectivity index (χ1) is 12.6. The lowest BCUT2D eigenvalue weighted by atomic mass is 9.96. The Bertz CT molecular complexity index is 795. The summed E-state index contributed by atoms with van der Waals surface area (Å²) in [5.74, 6) is 0.159. The summed E-state index contributed by atoms with van der Waals surface area (Å²) >= 11 is 0. The van der Waals surface area contributed by atoms with E-state index >= 15 is 0 Å². The monoisotopic (exact) mass is 392 g/mol. The van der Waals surface area contributed by atoms with E-state index in [0.29, 0.717) is 36.9 Å². The smallest absolute Gasteiger partial charge is 0.243 e. The second-order valence-electron chi connectivity index (χ2n) is 8.48. The Balaban J connectivity index is 1.73. The molecule has 27 heavy (non-hydrogen) atoms. The van der Waals surface area contributed by atoms with Crippen LogP contribution in [0.4, 0.5) is 0 Å². The Morgan fingerprint density at radius 2 is 1.56 bits per heavy atom. The highest BCUT2D eigenvalue weighted by Gasteiger charge is 2.40. The maximum Gasteiger partial charge on any atom is 0.243 e. The number of hydrogen-bond donors (Lipinski definition) is 0. The fourth-order valence-corrected chi connectivity index (χ4v) is 6.35. The maximum atomic E-state index is 13.2. The minimum Gasteiger partial charge on any atom is -0.337 e. The predicted molar refractivity (Wildman–Crippen MR) is 107 cm³/mol. The molecule has 1 amide bonds. The van der Waals surface area contributed by atoms with E-state index < -0.39 is 10.0 Å². The summed E-state index contributed by atoms with van der Waals surface area (Å²) in [6, 6.07) is 4.46. The van der Waals surface area contributed by atoms with Crippen molar-refractivity contribution in [3.8, 4) is 0 Å². The van der Waals surface area contributed by atoms with Crippen LogP contribution in [0.3, 0.4) is 0 Å². The highest BCUT2D eigenvalue weighted by Crippen LogP contribution is 2.33. The number of rotatable bonds is 5. The highest BCUT2D eigenvalue weighted by atomic mass is 32.2. The van der Waals surface area contributed by atoms with E-state index in [2.05, 4.69) is 13.8 Å². The fourth-order valence-electron chi connectivity index (χ4n) is 4.47. The van der Waals surface area contributed by atoms with Crippen molar-refractivity contribution in [3.63, 3.8) is 0 Å². The lowest BCUT2D eigenvalue weighted by Gasteiger charge is -2.35. The topological polar surface area (TPSA) is 57.7 Å². The van der Waals surface area contributed by atoms with E-state index in [1.807, 2.05) is 37.8 Å². The molecule has 0 unspecified atom stereocenters. The van der Waals surface area contributed by atoms with E-state index in [1.54, 1.807) is 4.31 Å². The maximum absolute atomic E-state index is 13.2. The van der Waals surface area contributed by atoms with Gasteiger partial charge in [-0.15, -0.1) is 0 Å². The average molecular weight is 393 g/mol. The van der Waals surface area contributed by atoms with Crippen molar-refractivity contribution in [2.24, 2.45) is 5.92 Å². The van der Waals surface area contributed by atoms with Gasteiger partial charge < -0.3 is 4.90 Å².